The molecule has 1 aliphatic heterocycles. The summed E-state index contributed by atoms with van der Waals surface area (Å²) in [6, 6.07) is 0. The summed E-state index contributed by atoms with van der Waals surface area (Å²) < 4.78 is 6.44. The van der Waals surface area contributed by atoms with Crippen LogP contribution in [0.2, 0.25) is 5.28 Å². The highest BCUT2D eigenvalue weighted by Gasteiger charge is 2.23. The van der Waals surface area contributed by atoms with Crippen LogP contribution in [0.3, 0.4) is 0 Å². The summed E-state index contributed by atoms with van der Waals surface area (Å²) in [6.07, 6.45) is 0. The van der Waals surface area contributed by atoms with E-state index in [4.69, 9.17) is 11.6 Å². The van der Waals surface area contributed by atoms with Gasteiger partial charge >= 0.3 is 5.97 Å². The van der Waals surface area contributed by atoms with Gasteiger partial charge in [-0.25, -0.2) is 9.78 Å². The van der Waals surface area contributed by atoms with Gasteiger partial charge in [-0.2, -0.15) is 0 Å². The van der Waals surface area contributed by atoms with Crippen molar-refractivity contribution < 1.29 is 9.53 Å². The van der Waals surface area contributed by atoms with Gasteiger partial charge in [-0.15, -0.1) is 0 Å². The Morgan fingerprint density at radius 3 is 3.21 bits per heavy atom. The molecule has 0 aliphatic carbocycles. The Morgan fingerprint density at radius 1 is 1.71 bits per heavy atom. The first-order chi connectivity index (χ1) is 6.74. The molecule has 0 radical (unpaired) electrons. The highest BCUT2D eigenvalue weighted by molar-refractivity contribution is 6.28. The molecule has 1 aliphatic rings. The molecule has 0 amide bonds. The average molecular weight is 216 g/mol. The number of fused-ring (bicyclic) bond motifs is 1. The van der Waals surface area contributed by atoms with Gasteiger partial charge in [-0.1, -0.05) is 0 Å². The Morgan fingerprint density at radius 2 is 2.50 bits per heavy atom. The summed E-state index contributed by atoms with van der Waals surface area (Å²) in [5.74, 6) is -0.440. The normalized spacial score (nSPS) is 15.0. The van der Waals surface area contributed by atoms with Gasteiger partial charge in [-0.05, 0) is 11.6 Å². The molecule has 2 rings (SSSR count). The fourth-order valence-electron chi connectivity index (χ4n) is 1.52. The van der Waals surface area contributed by atoms with Gasteiger partial charge in [0.05, 0.1) is 12.8 Å². The first-order valence-electron chi connectivity index (χ1n) is 4.28. The first kappa shape index (κ1) is 9.48. The van der Waals surface area contributed by atoms with E-state index in [1.165, 1.54) is 7.11 Å². The Balaban J connectivity index is 2.46. The number of ether oxygens (including phenoxy) is 1. The number of hydrogen-bond donors (Lipinski definition) is 1. The molecule has 0 saturated carbocycles. The lowest BCUT2D eigenvalue weighted by molar-refractivity contribution is 0.0592. The molecule has 0 fully saturated rings. The number of halogens is 1. The lowest BCUT2D eigenvalue weighted by Crippen LogP contribution is -2.29. The minimum Gasteiger partial charge on any atom is -0.464 e. The number of aromatic nitrogens is 2. The molecule has 0 saturated heterocycles. The summed E-state index contributed by atoms with van der Waals surface area (Å²) in [4.78, 5) is 15.3. The third-order valence-corrected chi connectivity index (χ3v) is 2.50. The van der Waals surface area contributed by atoms with E-state index in [2.05, 4.69) is 15.0 Å². The van der Waals surface area contributed by atoms with E-state index in [9.17, 15) is 4.79 Å². The summed E-state index contributed by atoms with van der Waals surface area (Å²) in [7, 11) is 1.33. The van der Waals surface area contributed by atoms with Crippen molar-refractivity contribution in [2.45, 2.75) is 13.1 Å². The standard InChI is InChI=1S/C8H10ClN3O2/c1-14-7(13)6-5-4-10-2-3-12(5)8(9)11-6/h10H,2-4H2,1H3. The molecular weight excluding hydrogens is 206 g/mol. The third kappa shape index (κ3) is 1.38. The fraction of sp³-hybridized carbons (Fsp3) is 0.500. The van der Waals surface area contributed by atoms with E-state index < -0.39 is 5.97 Å². The van der Waals surface area contributed by atoms with Crippen LogP contribution in [0.4, 0.5) is 0 Å². The Bertz CT molecular complexity index is 375. The zero-order chi connectivity index (χ0) is 10.1. The highest BCUT2D eigenvalue weighted by atomic mass is 35.5. The van der Waals surface area contributed by atoms with Gasteiger partial charge in [0.1, 0.15) is 0 Å². The average Bonchev–Trinajstić information content (AvgIpc) is 2.56. The largest absolute Gasteiger partial charge is 0.464 e. The number of nitrogens with one attached hydrogen (secondary N) is 1. The molecule has 1 aromatic heterocycles. The maximum absolute atomic E-state index is 11.3. The minimum absolute atomic E-state index is 0.310. The van der Waals surface area contributed by atoms with E-state index >= 15 is 0 Å². The van der Waals surface area contributed by atoms with Crippen molar-refractivity contribution in [1.29, 1.82) is 0 Å². The first-order valence-corrected chi connectivity index (χ1v) is 4.65. The topological polar surface area (TPSA) is 56.1 Å². The van der Waals surface area contributed by atoms with E-state index in [1.54, 1.807) is 0 Å². The van der Waals surface area contributed by atoms with Crippen molar-refractivity contribution in [3.8, 4) is 0 Å². The number of methoxy groups -OCH3 is 1. The fourth-order valence-corrected chi connectivity index (χ4v) is 1.79. The molecule has 1 aromatic rings. The van der Waals surface area contributed by atoms with Crippen molar-refractivity contribution in [3.05, 3.63) is 16.7 Å². The number of imidazole rings is 1. The van der Waals surface area contributed by atoms with E-state index in [-0.39, 0.29) is 0 Å². The van der Waals surface area contributed by atoms with Gasteiger partial charge in [0.25, 0.3) is 0 Å². The quantitative estimate of drug-likeness (QED) is 0.691. The molecule has 5 nitrogen and oxygen atoms in total. The smallest absolute Gasteiger partial charge is 0.358 e. The predicted molar refractivity (Wildman–Crippen MR) is 50.3 cm³/mol. The molecule has 0 bridgehead atoms. The molecule has 76 valence electrons. The third-order valence-electron chi connectivity index (χ3n) is 2.21. The summed E-state index contributed by atoms with van der Waals surface area (Å²) >= 11 is 5.88. The number of nitrogens with zero attached hydrogens (tertiary/aromatic N) is 2. The van der Waals surface area contributed by atoms with Crippen molar-refractivity contribution in [3.63, 3.8) is 0 Å². The zero-order valence-corrected chi connectivity index (χ0v) is 8.47. The Hall–Kier alpha value is -1.07. The van der Waals surface area contributed by atoms with Crippen LogP contribution in [-0.2, 0) is 17.8 Å². The van der Waals surface area contributed by atoms with Crippen LogP contribution in [0, 0.1) is 0 Å². The second-order valence-electron chi connectivity index (χ2n) is 3.00. The number of carbonyl (C=O) groups excluding carboxylic acids is 1. The monoisotopic (exact) mass is 215 g/mol. The van der Waals surface area contributed by atoms with Gasteiger partial charge in [-0.3, -0.25) is 0 Å². The Kier molecular flexibility index (Phi) is 2.43. The maximum Gasteiger partial charge on any atom is 0.358 e. The molecule has 0 atom stereocenters. The van der Waals surface area contributed by atoms with Gasteiger partial charge in [0.15, 0.2) is 5.69 Å². The second kappa shape index (κ2) is 3.59. The molecule has 0 spiro atoms. The van der Waals surface area contributed by atoms with Crippen LogP contribution in [0.25, 0.3) is 0 Å². The van der Waals surface area contributed by atoms with Crippen LogP contribution in [-0.4, -0.2) is 29.2 Å². The molecular formula is C8H10ClN3O2. The van der Waals surface area contributed by atoms with Crippen LogP contribution in [0.1, 0.15) is 16.2 Å². The Labute approximate surface area is 86.0 Å². The molecule has 0 unspecified atom stereocenters. The predicted octanol–water partition coefficient (Wildman–Crippen LogP) is 0.426. The highest BCUT2D eigenvalue weighted by Crippen LogP contribution is 2.19. The van der Waals surface area contributed by atoms with Gasteiger partial charge in [0, 0.05) is 19.6 Å². The van der Waals surface area contributed by atoms with Gasteiger partial charge in [0.2, 0.25) is 5.28 Å². The van der Waals surface area contributed by atoms with E-state index in [1.807, 2.05) is 4.57 Å². The van der Waals surface area contributed by atoms with E-state index in [0.717, 1.165) is 18.8 Å². The van der Waals surface area contributed by atoms with Crippen molar-refractivity contribution in [1.82, 2.24) is 14.9 Å². The van der Waals surface area contributed by atoms with E-state index in [0.29, 0.717) is 17.5 Å². The molecule has 0 aromatic carbocycles. The molecule has 6 heteroatoms. The summed E-state index contributed by atoms with van der Waals surface area (Å²) in [6.45, 7) is 2.17. The lowest BCUT2D eigenvalue weighted by atomic mass is 10.3. The van der Waals surface area contributed by atoms with Crippen molar-refractivity contribution in [2.75, 3.05) is 13.7 Å². The van der Waals surface area contributed by atoms with Gasteiger partial charge < -0.3 is 14.6 Å². The number of hydrogen-bond acceptors (Lipinski definition) is 4. The van der Waals surface area contributed by atoms with Crippen molar-refractivity contribution >= 4 is 17.6 Å². The second-order valence-corrected chi connectivity index (χ2v) is 3.33. The minimum atomic E-state index is -0.440. The SMILES string of the molecule is COC(=O)c1nc(Cl)n2c1CNCC2. The lowest BCUT2D eigenvalue weighted by Gasteiger charge is -2.16. The van der Waals surface area contributed by atoms with Crippen LogP contribution >= 0.6 is 11.6 Å². The summed E-state index contributed by atoms with van der Waals surface area (Å²) in [5, 5.41) is 3.50. The van der Waals surface area contributed by atoms with Crippen LogP contribution in [0.5, 0.6) is 0 Å². The maximum atomic E-state index is 11.3. The molecule has 14 heavy (non-hydrogen) atoms. The number of rotatable bonds is 1. The summed E-state index contributed by atoms with van der Waals surface area (Å²) in [5.41, 5.74) is 1.11. The van der Waals surface area contributed by atoms with Crippen molar-refractivity contribution in [2.24, 2.45) is 0 Å². The molecule has 2 heterocycles. The number of esters is 1. The van der Waals surface area contributed by atoms with Crippen LogP contribution in [0.15, 0.2) is 0 Å². The zero-order valence-electron chi connectivity index (χ0n) is 7.71. The number of carbonyl (C=O) groups is 1. The van der Waals surface area contributed by atoms with Crippen LogP contribution < -0.4 is 5.32 Å². The molecule has 1 N–H and O–H groups in total.